The molecule has 31 heavy (non-hydrogen) atoms. The average Bonchev–Trinajstić information content (AvgIpc) is 3.10. The molecule has 0 spiro atoms. The van der Waals surface area contributed by atoms with Crippen LogP contribution in [0.5, 0.6) is 5.75 Å². The van der Waals surface area contributed by atoms with E-state index in [1.807, 2.05) is 6.07 Å². The molecule has 7 nitrogen and oxygen atoms in total. The van der Waals surface area contributed by atoms with Crippen molar-refractivity contribution in [3.63, 3.8) is 0 Å². The average molecular weight is 427 g/mol. The molecule has 0 unspecified atom stereocenters. The smallest absolute Gasteiger partial charge is 0.254 e. The molecule has 2 heterocycles. The van der Waals surface area contributed by atoms with Gasteiger partial charge in [0.05, 0.1) is 12.2 Å². The summed E-state index contributed by atoms with van der Waals surface area (Å²) in [5.41, 5.74) is 2.12. The number of carbonyl (C=O) groups excluding carboxylic acids is 2. The highest BCUT2D eigenvalue weighted by atomic mass is 19.1. The maximum Gasteiger partial charge on any atom is 0.254 e. The summed E-state index contributed by atoms with van der Waals surface area (Å²) in [5.74, 6) is -2.05. The summed E-state index contributed by atoms with van der Waals surface area (Å²) in [7, 11) is 0. The first-order chi connectivity index (χ1) is 15.1. The van der Waals surface area contributed by atoms with E-state index < -0.39 is 11.6 Å². The van der Waals surface area contributed by atoms with Crippen LogP contribution in [0.25, 0.3) is 0 Å². The summed E-state index contributed by atoms with van der Waals surface area (Å²) in [6.45, 7) is 5.65. The van der Waals surface area contributed by atoms with Gasteiger partial charge in [-0.15, -0.1) is 0 Å². The van der Waals surface area contributed by atoms with Crippen molar-refractivity contribution in [2.45, 2.75) is 6.42 Å². The predicted octanol–water partition coefficient (Wildman–Crippen LogP) is 2.53. The zero-order valence-electron chi connectivity index (χ0n) is 17.3. The van der Waals surface area contributed by atoms with E-state index in [0.29, 0.717) is 32.5 Å². The number of halogens is 1. The number of rotatable bonds is 4. The molecular formula is C23H26FN3O4. The van der Waals surface area contributed by atoms with Gasteiger partial charge in [-0.1, -0.05) is 6.07 Å². The fraction of sp³-hybridized carbons (Fsp3) is 0.391. The van der Waals surface area contributed by atoms with Crippen LogP contribution < -0.4 is 9.80 Å². The van der Waals surface area contributed by atoms with Crippen LogP contribution in [0.15, 0.2) is 36.4 Å². The van der Waals surface area contributed by atoms with Crippen molar-refractivity contribution in [2.75, 3.05) is 62.3 Å². The Kier molecular flexibility index (Phi) is 6.36. The van der Waals surface area contributed by atoms with Gasteiger partial charge in [0, 0.05) is 62.8 Å². The molecule has 2 aliphatic heterocycles. The van der Waals surface area contributed by atoms with Crippen molar-refractivity contribution in [1.29, 1.82) is 0 Å². The summed E-state index contributed by atoms with van der Waals surface area (Å²) in [6, 6.07) is 10.6. The van der Waals surface area contributed by atoms with E-state index in [0.717, 1.165) is 44.5 Å². The Morgan fingerprint density at radius 3 is 2.39 bits per heavy atom. The van der Waals surface area contributed by atoms with Crippen molar-refractivity contribution in [1.82, 2.24) is 4.90 Å². The highest BCUT2D eigenvalue weighted by Gasteiger charge is 2.24. The van der Waals surface area contributed by atoms with Crippen LogP contribution in [0.4, 0.5) is 15.8 Å². The molecule has 4 rings (SSSR count). The molecule has 0 aromatic heterocycles. The van der Waals surface area contributed by atoms with Crippen LogP contribution in [0.3, 0.4) is 0 Å². The van der Waals surface area contributed by atoms with Gasteiger partial charge in [-0.25, -0.2) is 4.39 Å². The van der Waals surface area contributed by atoms with E-state index in [9.17, 15) is 19.1 Å². The Labute approximate surface area is 180 Å². The number of nitrogens with zero attached hydrogens (tertiary/aromatic N) is 3. The topological polar surface area (TPSA) is 73.3 Å². The van der Waals surface area contributed by atoms with Gasteiger partial charge in [0.2, 0.25) is 0 Å². The quantitative estimate of drug-likeness (QED) is 0.756. The maximum absolute atomic E-state index is 13.9. The van der Waals surface area contributed by atoms with Crippen molar-refractivity contribution in [3.8, 4) is 5.75 Å². The minimum atomic E-state index is -0.970. The Morgan fingerprint density at radius 2 is 1.68 bits per heavy atom. The van der Waals surface area contributed by atoms with Crippen LogP contribution in [0.2, 0.25) is 0 Å². The monoisotopic (exact) mass is 427 g/mol. The molecule has 2 aromatic rings. The number of hydrogen-bond donors (Lipinski definition) is 1. The van der Waals surface area contributed by atoms with Gasteiger partial charge in [0.25, 0.3) is 5.91 Å². The third kappa shape index (κ3) is 4.64. The number of ether oxygens (including phenoxy) is 1. The lowest BCUT2D eigenvalue weighted by Gasteiger charge is -2.36. The van der Waals surface area contributed by atoms with Crippen molar-refractivity contribution in [3.05, 3.63) is 53.3 Å². The Morgan fingerprint density at radius 1 is 0.968 bits per heavy atom. The molecule has 164 valence electrons. The number of hydrogen-bond acceptors (Lipinski definition) is 6. The number of anilines is 2. The maximum atomic E-state index is 13.9. The molecule has 2 fully saturated rings. The van der Waals surface area contributed by atoms with E-state index in [4.69, 9.17) is 4.74 Å². The summed E-state index contributed by atoms with van der Waals surface area (Å²) in [4.78, 5) is 30.0. The molecule has 0 bridgehead atoms. The number of phenols is 1. The van der Waals surface area contributed by atoms with Crippen LogP contribution in [-0.2, 0) is 4.74 Å². The van der Waals surface area contributed by atoms with Gasteiger partial charge in [-0.3, -0.25) is 9.59 Å². The van der Waals surface area contributed by atoms with E-state index >= 15 is 0 Å². The number of piperazine rings is 1. The Hall–Kier alpha value is -3.13. The number of carbonyl (C=O) groups is 2. The van der Waals surface area contributed by atoms with E-state index in [2.05, 4.69) is 28.0 Å². The molecule has 2 aliphatic rings. The SMILES string of the molecule is O=Cc1cc(C(=O)N2CCN(c3cccc(N4CCCOCC4)c3)CC2)cc(F)c1O. The predicted molar refractivity (Wildman–Crippen MR) is 116 cm³/mol. The van der Waals surface area contributed by atoms with Crippen LogP contribution in [0.1, 0.15) is 27.1 Å². The minimum absolute atomic E-state index is 0.0660. The highest BCUT2D eigenvalue weighted by molar-refractivity contribution is 5.96. The fourth-order valence-electron chi connectivity index (χ4n) is 4.07. The molecule has 0 aliphatic carbocycles. The van der Waals surface area contributed by atoms with E-state index in [1.165, 1.54) is 11.8 Å². The standard InChI is InChI=1S/C23H26FN3O4/c24-21-14-17(13-18(16-28)22(21)29)23(30)27-8-6-26(7-9-27)20-4-1-3-19(15-20)25-5-2-11-31-12-10-25/h1,3-4,13-16,29H,2,5-12H2. The Bertz CT molecular complexity index is 952. The number of aldehydes is 1. The third-order valence-electron chi connectivity index (χ3n) is 5.82. The summed E-state index contributed by atoms with van der Waals surface area (Å²) in [6.07, 6.45) is 1.35. The number of amides is 1. The van der Waals surface area contributed by atoms with Gasteiger partial charge in [0.15, 0.2) is 17.9 Å². The zero-order valence-corrected chi connectivity index (χ0v) is 17.3. The van der Waals surface area contributed by atoms with E-state index in [-0.39, 0.29) is 17.0 Å². The molecule has 0 saturated carbocycles. The molecule has 1 amide bonds. The third-order valence-corrected chi connectivity index (χ3v) is 5.82. The number of benzene rings is 2. The van der Waals surface area contributed by atoms with Gasteiger partial charge in [-0.2, -0.15) is 0 Å². The van der Waals surface area contributed by atoms with Crippen molar-refractivity contribution in [2.24, 2.45) is 0 Å². The fourth-order valence-corrected chi connectivity index (χ4v) is 4.07. The van der Waals surface area contributed by atoms with Gasteiger partial charge < -0.3 is 24.5 Å². The first-order valence-corrected chi connectivity index (χ1v) is 10.5. The van der Waals surface area contributed by atoms with Crippen molar-refractivity contribution >= 4 is 23.6 Å². The lowest BCUT2D eigenvalue weighted by atomic mass is 10.1. The second-order valence-electron chi connectivity index (χ2n) is 7.77. The lowest BCUT2D eigenvalue weighted by Crippen LogP contribution is -2.48. The summed E-state index contributed by atoms with van der Waals surface area (Å²) in [5, 5.41) is 9.56. The van der Waals surface area contributed by atoms with Gasteiger partial charge in [-0.05, 0) is 36.8 Å². The number of phenolic OH excluding ortho intramolecular Hbond substituents is 1. The van der Waals surface area contributed by atoms with Crippen molar-refractivity contribution < 1.29 is 23.8 Å². The molecule has 1 N–H and O–H groups in total. The molecule has 0 radical (unpaired) electrons. The largest absolute Gasteiger partial charge is 0.504 e. The summed E-state index contributed by atoms with van der Waals surface area (Å²) < 4.78 is 19.4. The second-order valence-corrected chi connectivity index (χ2v) is 7.77. The lowest BCUT2D eigenvalue weighted by molar-refractivity contribution is 0.0746. The molecule has 0 atom stereocenters. The first-order valence-electron chi connectivity index (χ1n) is 10.5. The normalized spacial score (nSPS) is 17.4. The van der Waals surface area contributed by atoms with E-state index in [1.54, 1.807) is 4.90 Å². The first kappa shape index (κ1) is 21.1. The molecular weight excluding hydrogens is 401 g/mol. The minimum Gasteiger partial charge on any atom is -0.504 e. The number of aromatic hydroxyl groups is 1. The summed E-state index contributed by atoms with van der Waals surface area (Å²) >= 11 is 0. The van der Waals surface area contributed by atoms with Gasteiger partial charge in [0.1, 0.15) is 0 Å². The second kappa shape index (κ2) is 9.34. The molecule has 2 saturated heterocycles. The highest BCUT2D eigenvalue weighted by Crippen LogP contribution is 2.26. The van der Waals surface area contributed by atoms with Crippen LogP contribution in [0, 0.1) is 5.82 Å². The van der Waals surface area contributed by atoms with Gasteiger partial charge >= 0.3 is 0 Å². The van der Waals surface area contributed by atoms with Crippen LogP contribution >= 0.6 is 0 Å². The zero-order chi connectivity index (χ0) is 21.8. The molecule has 2 aromatic carbocycles. The Balaban J connectivity index is 1.42. The molecule has 8 heteroatoms. The van der Waals surface area contributed by atoms with Crippen LogP contribution in [-0.4, -0.2) is 74.7 Å².